The summed E-state index contributed by atoms with van der Waals surface area (Å²) in [5.41, 5.74) is 2.67. The van der Waals surface area contributed by atoms with Crippen LogP contribution in [0.1, 0.15) is 50.7 Å². The molecule has 2 nitrogen and oxygen atoms in total. The lowest BCUT2D eigenvalue weighted by molar-refractivity contribution is 0.0954. The summed E-state index contributed by atoms with van der Waals surface area (Å²) in [6.07, 6.45) is 5.32. The molecule has 20 heavy (non-hydrogen) atoms. The van der Waals surface area contributed by atoms with Crippen molar-refractivity contribution in [2.75, 3.05) is 14.1 Å². The molecule has 0 aromatic heterocycles. The van der Waals surface area contributed by atoms with Gasteiger partial charge in [0.05, 0.1) is 5.66 Å². The van der Waals surface area contributed by atoms with E-state index in [9.17, 15) is 0 Å². The molecule has 1 aromatic carbocycles. The molecule has 2 rings (SSSR count). The lowest BCUT2D eigenvalue weighted by Gasteiger charge is -2.43. The predicted octanol–water partition coefficient (Wildman–Crippen LogP) is 3.90. The number of rotatable bonds is 4. The van der Waals surface area contributed by atoms with Gasteiger partial charge in [-0.2, -0.15) is 0 Å². The number of hydrogen-bond acceptors (Lipinski definition) is 2. The number of hydrogen-bond donors (Lipinski definition) is 1. The molecule has 0 radical (unpaired) electrons. The van der Waals surface area contributed by atoms with Crippen LogP contribution in [0.2, 0.25) is 0 Å². The average molecular weight is 274 g/mol. The highest BCUT2D eigenvalue weighted by Crippen LogP contribution is 2.30. The van der Waals surface area contributed by atoms with Gasteiger partial charge in [0.1, 0.15) is 0 Å². The quantitative estimate of drug-likeness (QED) is 0.838. The van der Waals surface area contributed by atoms with Crippen molar-refractivity contribution in [2.45, 2.75) is 58.2 Å². The molecule has 2 heteroatoms. The predicted molar refractivity (Wildman–Crippen MR) is 86.8 cm³/mol. The molecule has 1 aromatic rings. The van der Waals surface area contributed by atoms with Crippen molar-refractivity contribution in [3.05, 3.63) is 35.4 Å². The van der Waals surface area contributed by atoms with E-state index in [0.29, 0.717) is 6.04 Å². The third-order valence-electron chi connectivity index (χ3n) is 5.06. The van der Waals surface area contributed by atoms with E-state index in [0.717, 1.165) is 5.92 Å². The summed E-state index contributed by atoms with van der Waals surface area (Å²) in [6.45, 7) is 6.90. The van der Waals surface area contributed by atoms with Gasteiger partial charge in [0, 0.05) is 6.04 Å². The van der Waals surface area contributed by atoms with Crippen molar-refractivity contribution in [3.63, 3.8) is 0 Å². The normalized spacial score (nSPS) is 26.5. The second kappa shape index (κ2) is 6.28. The first-order valence-corrected chi connectivity index (χ1v) is 7.94. The summed E-state index contributed by atoms with van der Waals surface area (Å²) in [6, 6.07) is 9.37. The fourth-order valence-electron chi connectivity index (χ4n) is 3.37. The van der Waals surface area contributed by atoms with E-state index < -0.39 is 0 Å². The number of nitrogens with one attached hydrogen (secondary N) is 1. The largest absolute Gasteiger partial charge is 0.293 e. The van der Waals surface area contributed by atoms with Crippen LogP contribution in [0.5, 0.6) is 0 Å². The zero-order valence-electron chi connectivity index (χ0n) is 13.7. The van der Waals surface area contributed by atoms with Gasteiger partial charge in [-0.25, -0.2) is 0 Å². The SMILES string of the molecule is Cc1ccccc1C(C)(NC1CCC(C)CC1)N(C)C. The van der Waals surface area contributed by atoms with Crippen LogP contribution in [0.15, 0.2) is 24.3 Å². The van der Waals surface area contributed by atoms with Gasteiger partial charge in [-0.15, -0.1) is 0 Å². The van der Waals surface area contributed by atoms with Gasteiger partial charge >= 0.3 is 0 Å². The van der Waals surface area contributed by atoms with Crippen molar-refractivity contribution < 1.29 is 0 Å². The Morgan fingerprint density at radius 1 is 1.10 bits per heavy atom. The van der Waals surface area contributed by atoms with E-state index in [1.54, 1.807) is 0 Å². The second-order valence-electron chi connectivity index (χ2n) is 6.88. The number of nitrogens with zero attached hydrogens (tertiary/aromatic N) is 1. The van der Waals surface area contributed by atoms with E-state index in [-0.39, 0.29) is 5.66 Å². The molecule has 1 fully saturated rings. The Bertz CT molecular complexity index is 433. The monoisotopic (exact) mass is 274 g/mol. The summed E-state index contributed by atoms with van der Waals surface area (Å²) < 4.78 is 0. The van der Waals surface area contributed by atoms with Gasteiger partial charge in [-0.05, 0) is 70.7 Å². The fraction of sp³-hybridized carbons (Fsp3) is 0.667. The summed E-state index contributed by atoms with van der Waals surface area (Å²) in [7, 11) is 4.34. The van der Waals surface area contributed by atoms with Crippen molar-refractivity contribution in [1.82, 2.24) is 10.2 Å². The van der Waals surface area contributed by atoms with E-state index in [1.165, 1.54) is 36.8 Å². The highest BCUT2D eigenvalue weighted by molar-refractivity contribution is 5.31. The lowest BCUT2D eigenvalue weighted by Crippen LogP contribution is -2.55. The van der Waals surface area contributed by atoms with Crippen LogP contribution in [0.4, 0.5) is 0 Å². The molecule has 1 saturated carbocycles. The minimum absolute atomic E-state index is 0.0867. The van der Waals surface area contributed by atoms with Gasteiger partial charge in [0.2, 0.25) is 0 Å². The second-order valence-corrected chi connectivity index (χ2v) is 6.88. The van der Waals surface area contributed by atoms with E-state index in [1.807, 2.05) is 0 Å². The summed E-state index contributed by atoms with van der Waals surface area (Å²) in [4.78, 5) is 2.31. The van der Waals surface area contributed by atoms with E-state index in [4.69, 9.17) is 0 Å². The van der Waals surface area contributed by atoms with Gasteiger partial charge in [-0.3, -0.25) is 10.2 Å². The van der Waals surface area contributed by atoms with Crippen LogP contribution < -0.4 is 5.32 Å². The van der Waals surface area contributed by atoms with Crippen LogP contribution in [0.25, 0.3) is 0 Å². The minimum atomic E-state index is -0.0867. The molecule has 1 aliphatic carbocycles. The molecular weight excluding hydrogens is 244 g/mol. The summed E-state index contributed by atoms with van der Waals surface area (Å²) in [5, 5.41) is 3.94. The Morgan fingerprint density at radius 3 is 2.25 bits per heavy atom. The molecule has 0 saturated heterocycles. The highest BCUT2D eigenvalue weighted by Gasteiger charge is 2.33. The standard InChI is InChI=1S/C18H30N2/c1-14-10-12-16(13-11-14)19-18(3,20(4)5)17-9-7-6-8-15(17)2/h6-9,14,16,19H,10-13H2,1-5H3. The first-order chi connectivity index (χ1) is 9.43. The molecular formula is C18H30N2. The minimum Gasteiger partial charge on any atom is -0.293 e. The smallest absolute Gasteiger partial charge is 0.0945 e. The Morgan fingerprint density at radius 2 is 1.70 bits per heavy atom. The molecule has 0 spiro atoms. The Labute approximate surface area is 124 Å². The zero-order valence-corrected chi connectivity index (χ0v) is 13.7. The average Bonchev–Trinajstić information content (AvgIpc) is 2.41. The Kier molecular flexibility index (Phi) is 4.87. The maximum Gasteiger partial charge on any atom is 0.0945 e. The molecule has 0 heterocycles. The van der Waals surface area contributed by atoms with Crippen molar-refractivity contribution >= 4 is 0 Å². The van der Waals surface area contributed by atoms with Crippen LogP contribution in [-0.4, -0.2) is 25.0 Å². The van der Waals surface area contributed by atoms with Gasteiger partial charge in [0.15, 0.2) is 0 Å². The first kappa shape index (κ1) is 15.5. The van der Waals surface area contributed by atoms with Crippen molar-refractivity contribution in [2.24, 2.45) is 5.92 Å². The summed E-state index contributed by atoms with van der Waals surface area (Å²) in [5.74, 6) is 0.900. The van der Waals surface area contributed by atoms with Gasteiger partial charge in [-0.1, -0.05) is 31.2 Å². The fourth-order valence-corrected chi connectivity index (χ4v) is 3.37. The summed E-state index contributed by atoms with van der Waals surface area (Å²) >= 11 is 0. The molecule has 1 aliphatic rings. The third-order valence-corrected chi connectivity index (χ3v) is 5.06. The highest BCUT2D eigenvalue weighted by atomic mass is 15.3. The number of benzene rings is 1. The molecule has 112 valence electrons. The van der Waals surface area contributed by atoms with Gasteiger partial charge in [0.25, 0.3) is 0 Å². The maximum atomic E-state index is 3.94. The maximum absolute atomic E-state index is 3.94. The zero-order chi connectivity index (χ0) is 14.8. The molecule has 1 N–H and O–H groups in total. The van der Waals surface area contributed by atoms with Crippen LogP contribution in [0.3, 0.4) is 0 Å². The van der Waals surface area contributed by atoms with Crippen LogP contribution in [-0.2, 0) is 5.66 Å². The van der Waals surface area contributed by atoms with Crippen molar-refractivity contribution in [3.8, 4) is 0 Å². The molecule has 0 aliphatic heterocycles. The topological polar surface area (TPSA) is 15.3 Å². The Hall–Kier alpha value is -0.860. The van der Waals surface area contributed by atoms with E-state index >= 15 is 0 Å². The first-order valence-electron chi connectivity index (χ1n) is 7.94. The van der Waals surface area contributed by atoms with Crippen LogP contribution >= 0.6 is 0 Å². The molecule has 0 amide bonds. The molecule has 0 bridgehead atoms. The van der Waals surface area contributed by atoms with E-state index in [2.05, 4.69) is 69.3 Å². The molecule has 1 atom stereocenters. The lowest BCUT2D eigenvalue weighted by atomic mass is 9.85. The number of aryl methyl sites for hydroxylation is 1. The molecule has 1 unspecified atom stereocenters. The Balaban J connectivity index is 2.20. The third kappa shape index (κ3) is 3.24. The van der Waals surface area contributed by atoms with Crippen molar-refractivity contribution in [1.29, 1.82) is 0 Å². The van der Waals surface area contributed by atoms with Crippen LogP contribution in [0, 0.1) is 12.8 Å². The van der Waals surface area contributed by atoms with Gasteiger partial charge < -0.3 is 0 Å².